The maximum atomic E-state index is 13.3. The van der Waals surface area contributed by atoms with E-state index < -0.39 is 0 Å². The second-order valence-corrected chi connectivity index (χ2v) is 8.14. The molecule has 0 spiro atoms. The Labute approximate surface area is 175 Å². The molecule has 1 atom stereocenters. The van der Waals surface area contributed by atoms with Gasteiger partial charge in [-0.05, 0) is 55.5 Å². The van der Waals surface area contributed by atoms with Gasteiger partial charge in [0.25, 0.3) is 5.91 Å². The number of benzene rings is 1. The van der Waals surface area contributed by atoms with Crippen LogP contribution < -0.4 is 9.47 Å². The molecule has 1 aromatic heterocycles. The van der Waals surface area contributed by atoms with Gasteiger partial charge in [0.1, 0.15) is 13.2 Å². The molecule has 5 rings (SSSR count). The molecule has 1 unspecified atom stereocenters. The summed E-state index contributed by atoms with van der Waals surface area (Å²) >= 11 is 0. The minimum Gasteiger partial charge on any atom is -0.486 e. The second kappa shape index (κ2) is 8.05. The molecule has 158 valence electrons. The summed E-state index contributed by atoms with van der Waals surface area (Å²) in [5.74, 6) is 1.97. The van der Waals surface area contributed by atoms with Gasteiger partial charge in [-0.25, -0.2) is 0 Å². The Morgan fingerprint density at radius 2 is 1.73 bits per heavy atom. The molecular weight excluding hydrogens is 384 g/mol. The van der Waals surface area contributed by atoms with Crippen LogP contribution in [0.25, 0.3) is 0 Å². The van der Waals surface area contributed by atoms with Crippen molar-refractivity contribution in [3.05, 3.63) is 47.9 Å². The van der Waals surface area contributed by atoms with Gasteiger partial charge >= 0.3 is 0 Å². The number of amides is 2. The molecule has 0 saturated carbocycles. The zero-order chi connectivity index (χ0) is 20.5. The van der Waals surface area contributed by atoms with Crippen LogP contribution in [0.1, 0.15) is 47.8 Å². The van der Waals surface area contributed by atoms with Crippen LogP contribution in [0.5, 0.6) is 11.5 Å². The number of fused-ring (bicyclic) bond motifs is 1. The number of carbonyl (C=O) groups is 2. The van der Waals surface area contributed by atoms with Crippen LogP contribution >= 0.6 is 0 Å². The quantitative estimate of drug-likeness (QED) is 0.777. The maximum Gasteiger partial charge on any atom is 0.289 e. The molecule has 7 nitrogen and oxygen atoms in total. The first-order chi connectivity index (χ1) is 14.7. The average Bonchev–Trinajstić information content (AvgIpc) is 3.50. The summed E-state index contributed by atoms with van der Waals surface area (Å²) in [6, 6.07) is 9.50. The van der Waals surface area contributed by atoms with Gasteiger partial charge in [0.2, 0.25) is 5.91 Å². The van der Waals surface area contributed by atoms with Gasteiger partial charge in [-0.1, -0.05) is 6.07 Å². The fourth-order valence-electron chi connectivity index (χ4n) is 4.76. The van der Waals surface area contributed by atoms with Crippen LogP contribution in [0.15, 0.2) is 41.0 Å². The zero-order valence-corrected chi connectivity index (χ0v) is 16.9. The Hall–Kier alpha value is -2.96. The molecule has 3 aliphatic rings. The first kappa shape index (κ1) is 19.0. The SMILES string of the molecule is O=C(c1ccco1)N1CCC(C(=O)N2CCCC2c2ccc3c(c2)OCCO3)CC1. The van der Waals surface area contributed by atoms with Crippen molar-refractivity contribution in [2.75, 3.05) is 32.8 Å². The lowest BCUT2D eigenvalue weighted by Gasteiger charge is -2.35. The van der Waals surface area contributed by atoms with E-state index in [0.29, 0.717) is 44.9 Å². The molecule has 1 aromatic carbocycles. The molecule has 2 fully saturated rings. The lowest BCUT2D eigenvalue weighted by molar-refractivity contribution is -0.137. The minimum atomic E-state index is -0.0961. The highest BCUT2D eigenvalue weighted by atomic mass is 16.6. The van der Waals surface area contributed by atoms with E-state index in [4.69, 9.17) is 13.9 Å². The number of hydrogen-bond donors (Lipinski definition) is 0. The van der Waals surface area contributed by atoms with Crippen molar-refractivity contribution in [3.8, 4) is 11.5 Å². The van der Waals surface area contributed by atoms with Crippen LogP contribution in [0.4, 0.5) is 0 Å². The van der Waals surface area contributed by atoms with E-state index in [1.165, 1.54) is 6.26 Å². The molecule has 3 aliphatic heterocycles. The summed E-state index contributed by atoms with van der Waals surface area (Å²) in [6.45, 7) is 3.07. The molecule has 2 aromatic rings. The van der Waals surface area contributed by atoms with Crippen molar-refractivity contribution in [2.24, 2.45) is 5.92 Å². The van der Waals surface area contributed by atoms with Crippen molar-refractivity contribution < 1.29 is 23.5 Å². The zero-order valence-electron chi connectivity index (χ0n) is 16.9. The Bertz CT molecular complexity index is 918. The van der Waals surface area contributed by atoms with Crippen LogP contribution in [0, 0.1) is 5.92 Å². The molecule has 0 N–H and O–H groups in total. The van der Waals surface area contributed by atoms with Crippen molar-refractivity contribution >= 4 is 11.8 Å². The molecule has 2 amide bonds. The van der Waals surface area contributed by atoms with Crippen molar-refractivity contribution in [1.82, 2.24) is 9.80 Å². The smallest absolute Gasteiger partial charge is 0.289 e. The van der Waals surface area contributed by atoms with Crippen molar-refractivity contribution in [3.63, 3.8) is 0 Å². The average molecular weight is 410 g/mol. The predicted octanol–water partition coefficient (Wildman–Crippen LogP) is 3.27. The van der Waals surface area contributed by atoms with Gasteiger partial charge in [-0.2, -0.15) is 0 Å². The number of nitrogens with zero attached hydrogens (tertiary/aromatic N) is 2. The fraction of sp³-hybridized carbons (Fsp3) is 0.478. The third kappa shape index (κ3) is 3.53. The fourth-order valence-corrected chi connectivity index (χ4v) is 4.76. The number of carbonyl (C=O) groups excluding carboxylic acids is 2. The Morgan fingerprint density at radius 3 is 2.50 bits per heavy atom. The number of hydrogen-bond acceptors (Lipinski definition) is 5. The van der Waals surface area contributed by atoms with Gasteiger partial charge in [0.15, 0.2) is 17.3 Å². The topological polar surface area (TPSA) is 72.2 Å². The molecular formula is C23H26N2O5. The summed E-state index contributed by atoms with van der Waals surface area (Å²) in [5, 5.41) is 0. The Balaban J connectivity index is 1.24. The van der Waals surface area contributed by atoms with E-state index in [-0.39, 0.29) is 23.8 Å². The maximum absolute atomic E-state index is 13.3. The largest absolute Gasteiger partial charge is 0.486 e. The molecule has 2 saturated heterocycles. The Kier molecular flexibility index (Phi) is 5.11. The predicted molar refractivity (Wildman–Crippen MR) is 108 cm³/mol. The number of ether oxygens (including phenoxy) is 2. The normalized spacial score (nSPS) is 21.7. The summed E-state index contributed by atoms with van der Waals surface area (Å²) in [6.07, 6.45) is 4.85. The molecule has 30 heavy (non-hydrogen) atoms. The number of likely N-dealkylation sites (tertiary alicyclic amines) is 2. The highest BCUT2D eigenvalue weighted by molar-refractivity contribution is 5.91. The summed E-state index contributed by atoms with van der Waals surface area (Å²) in [5.41, 5.74) is 1.11. The highest BCUT2D eigenvalue weighted by Crippen LogP contribution is 2.39. The first-order valence-corrected chi connectivity index (χ1v) is 10.7. The molecule has 4 heterocycles. The molecule has 7 heteroatoms. The lowest BCUT2D eigenvalue weighted by atomic mass is 9.94. The van der Waals surface area contributed by atoms with Gasteiger partial charge in [0.05, 0.1) is 12.3 Å². The lowest BCUT2D eigenvalue weighted by Crippen LogP contribution is -2.44. The van der Waals surface area contributed by atoms with E-state index in [1.54, 1.807) is 17.0 Å². The summed E-state index contributed by atoms with van der Waals surface area (Å²) < 4.78 is 16.6. The monoisotopic (exact) mass is 410 g/mol. The summed E-state index contributed by atoms with van der Waals surface area (Å²) in [4.78, 5) is 29.6. The molecule has 0 bridgehead atoms. The van der Waals surface area contributed by atoms with E-state index in [2.05, 4.69) is 6.07 Å². The van der Waals surface area contributed by atoms with Crippen molar-refractivity contribution in [2.45, 2.75) is 31.7 Å². The van der Waals surface area contributed by atoms with Crippen LogP contribution in [0.3, 0.4) is 0 Å². The van der Waals surface area contributed by atoms with Gasteiger partial charge in [0, 0.05) is 25.6 Å². The first-order valence-electron chi connectivity index (χ1n) is 10.7. The van der Waals surface area contributed by atoms with Crippen LogP contribution in [-0.2, 0) is 4.79 Å². The highest BCUT2D eigenvalue weighted by Gasteiger charge is 2.36. The number of piperidine rings is 1. The van der Waals surface area contributed by atoms with E-state index in [0.717, 1.165) is 36.4 Å². The summed E-state index contributed by atoms with van der Waals surface area (Å²) in [7, 11) is 0. The van der Waals surface area contributed by atoms with Gasteiger partial charge in [-0.3, -0.25) is 9.59 Å². The Morgan fingerprint density at radius 1 is 0.933 bits per heavy atom. The van der Waals surface area contributed by atoms with Crippen LogP contribution in [-0.4, -0.2) is 54.5 Å². The number of rotatable bonds is 3. The molecule has 0 aliphatic carbocycles. The van der Waals surface area contributed by atoms with E-state index in [9.17, 15) is 9.59 Å². The minimum absolute atomic E-state index is 0.0385. The standard InChI is InChI=1S/C23H26N2O5/c26-22(16-7-10-24(11-8-16)23(27)20-4-2-12-28-20)25-9-1-3-18(25)17-5-6-19-21(15-17)30-14-13-29-19/h2,4-6,12,15-16,18H,1,3,7-11,13-14H2. The van der Waals surface area contributed by atoms with Gasteiger partial charge in [-0.15, -0.1) is 0 Å². The van der Waals surface area contributed by atoms with E-state index >= 15 is 0 Å². The van der Waals surface area contributed by atoms with Crippen LogP contribution in [0.2, 0.25) is 0 Å². The molecule has 0 radical (unpaired) electrons. The van der Waals surface area contributed by atoms with E-state index in [1.807, 2.05) is 17.0 Å². The third-order valence-corrected chi connectivity index (χ3v) is 6.35. The second-order valence-electron chi connectivity index (χ2n) is 8.14. The third-order valence-electron chi connectivity index (χ3n) is 6.35. The van der Waals surface area contributed by atoms with Crippen molar-refractivity contribution in [1.29, 1.82) is 0 Å². The number of furan rings is 1. The van der Waals surface area contributed by atoms with Gasteiger partial charge < -0.3 is 23.7 Å².